The SMILES string of the molecule is CCN(C(=O)C1CCC(=O)N1)C(C)(C)C(=O)O. The Bertz CT molecular complexity index is 351. The highest BCUT2D eigenvalue weighted by molar-refractivity contribution is 5.93. The second-order valence-electron chi connectivity index (χ2n) is 4.61. The second kappa shape index (κ2) is 4.73. The molecule has 2 N–H and O–H groups in total. The summed E-state index contributed by atoms with van der Waals surface area (Å²) < 4.78 is 0. The minimum atomic E-state index is -1.26. The topological polar surface area (TPSA) is 86.7 Å². The summed E-state index contributed by atoms with van der Waals surface area (Å²) in [7, 11) is 0. The summed E-state index contributed by atoms with van der Waals surface area (Å²) in [6.45, 7) is 4.98. The van der Waals surface area contributed by atoms with Gasteiger partial charge in [0, 0.05) is 13.0 Å². The van der Waals surface area contributed by atoms with Crippen LogP contribution in [0.25, 0.3) is 0 Å². The van der Waals surface area contributed by atoms with E-state index in [1.807, 2.05) is 0 Å². The number of nitrogens with zero attached hydrogens (tertiary/aromatic N) is 1. The van der Waals surface area contributed by atoms with Crippen molar-refractivity contribution in [1.29, 1.82) is 0 Å². The fraction of sp³-hybridized carbons (Fsp3) is 0.727. The van der Waals surface area contributed by atoms with Gasteiger partial charge in [-0.05, 0) is 27.2 Å². The van der Waals surface area contributed by atoms with Gasteiger partial charge in [-0.15, -0.1) is 0 Å². The third kappa shape index (κ3) is 2.57. The molecule has 96 valence electrons. The van der Waals surface area contributed by atoms with Gasteiger partial charge >= 0.3 is 5.97 Å². The van der Waals surface area contributed by atoms with E-state index >= 15 is 0 Å². The van der Waals surface area contributed by atoms with Crippen molar-refractivity contribution in [3.63, 3.8) is 0 Å². The molecule has 0 spiro atoms. The molecule has 2 amide bonds. The maximum atomic E-state index is 12.1. The van der Waals surface area contributed by atoms with Gasteiger partial charge in [-0.2, -0.15) is 0 Å². The van der Waals surface area contributed by atoms with Crippen molar-refractivity contribution in [3.8, 4) is 0 Å². The molecule has 0 bridgehead atoms. The molecular formula is C11H18N2O4. The van der Waals surface area contributed by atoms with Crippen LogP contribution in [0.1, 0.15) is 33.6 Å². The predicted molar refractivity (Wildman–Crippen MR) is 60.3 cm³/mol. The van der Waals surface area contributed by atoms with Crippen molar-refractivity contribution in [2.75, 3.05) is 6.54 Å². The average Bonchev–Trinajstić information content (AvgIpc) is 2.65. The molecule has 17 heavy (non-hydrogen) atoms. The Balaban J connectivity index is 2.84. The molecule has 0 aromatic heterocycles. The summed E-state index contributed by atoms with van der Waals surface area (Å²) in [5, 5.41) is 11.7. The van der Waals surface area contributed by atoms with E-state index < -0.39 is 17.6 Å². The van der Waals surface area contributed by atoms with Crippen LogP contribution in [-0.4, -0.2) is 45.9 Å². The molecule has 1 rings (SSSR count). The molecule has 0 aromatic carbocycles. The van der Waals surface area contributed by atoms with E-state index in [4.69, 9.17) is 5.11 Å². The number of likely N-dealkylation sites (N-methyl/N-ethyl adjacent to an activating group) is 1. The lowest BCUT2D eigenvalue weighted by molar-refractivity contribution is -0.157. The summed E-state index contributed by atoms with van der Waals surface area (Å²) in [5.74, 6) is -1.55. The number of carboxylic acids is 1. The first kappa shape index (κ1) is 13.5. The lowest BCUT2D eigenvalue weighted by Gasteiger charge is -2.35. The molecule has 1 atom stereocenters. The number of amides is 2. The number of aliphatic carboxylic acids is 1. The highest BCUT2D eigenvalue weighted by Crippen LogP contribution is 2.19. The lowest BCUT2D eigenvalue weighted by atomic mass is 10.0. The quantitative estimate of drug-likeness (QED) is 0.725. The number of nitrogens with one attached hydrogen (secondary N) is 1. The monoisotopic (exact) mass is 242 g/mol. The Morgan fingerprint density at radius 3 is 2.47 bits per heavy atom. The lowest BCUT2D eigenvalue weighted by Crippen LogP contribution is -2.57. The van der Waals surface area contributed by atoms with Gasteiger partial charge in [-0.25, -0.2) is 4.79 Å². The van der Waals surface area contributed by atoms with Gasteiger partial charge in [0.25, 0.3) is 0 Å². The summed E-state index contributed by atoms with van der Waals surface area (Å²) >= 11 is 0. The molecule has 1 saturated heterocycles. The molecule has 1 unspecified atom stereocenters. The van der Waals surface area contributed by atoms with E-state index in [2.05, 4.69) is 5.32 Å². The third-order valence-electron chi connectivity index (χ3n) is 3.07. The Hall–Kier alpha value is -1.59. The number of hydrogen-bond donors (Lipinski definition) is 2. The summed E-state index contributed by atoms with van der Waals surface area (Å²) in [4.78, 5) is 35.6. The van der Waals surface area contributed by atoms with Crippen molar-refractivity contribution in [2.45, 2.75) is 45.2 Å². The Kier molecular flexibility index (Phi) is 3.75. The maximum Gasteiger partial charge on any atom is 0.329 e. The Labute approximate surface area is 100.0 Å². The number of carboxylic acid groups (broad SMARTS) is 1. The summed E-state index contributed by atoms with van der Waals surface area (Å²) in [6.07, 6.45) is 0.755. The second-order valence-corrected chi connectivity index (χ2v) is 4.61. The standard InChI is InChI=1S/C11H18N2O4/c1-4-13(11(2,3)10(16)17)9(15)7-5-6-8(14)12-7/h7H,4-6H2,1-3H3,(H,12,14)(H,16,17). The minimum Gasteiger partial charge on any atom is -0.480 e. The largest absolute Gasteiger partial charge is 0.480 e. The van der Waals surface area contributed by atoms with Crippen LogP contribution < -0.4 is 5.32 Å². The van der Waals surface area contributed by atoms with E-state index in [1.54, 1.807) is 6.92 Å². The van der Waals surface area contributed by atoms with Crippen LogP contribution in [-0.2, 0) is 14.4 Å². The van der Waals surface area contributed by atoms with Gasteiger partial charge in [-0.3, -0.25) is 9.59 Å². The molecule has 6 nitrogen and oxygen atoms in total. The van der Waals surface area contributed by atoms with Crippen LogP contribution in [0, 0.1) is 0 Å². The van der Waals surface area contributed by atoms with Gasteiger partial charge in [-0.1, -0.05) is 0 Å². The van der Waals surface area contributed by atoms with Crippen molar-refractivity contribution in [2.24, 2.45) is 0 Å². The van der Waals surface area contributed by atoms with E-state index in [0.717, 1.165) is 0 Å². The number of hydrogen-bond acceptors (Lipinski definition) is 3. The molecular weight excluding hydrogens is 224 g/mol. The van der Waals surface area contributed by atoms with Crippen LogP contribution >= 0.6 is 0 Å². The van der Waals surface area contributed by atoms with Crippen LogP contribution in [0.15, 0.2) is 0 Å². The van der Waals surface area contributed by atoms with Gasteiger partial charge in [0.2, 0.25) is 11.8 Å². The Morgan fingerprint density at radius 2 is 2.12 bits per heavy atom. The van der Waals surface area contributed by atoms with Gasteiger partial charge < -0.3 is 15.3 Å². The average molecular weight is 242 g/mol. The van der Waals surface area contributed by atoms with Gasteiger partial charge in [0.1, 0.15) is 11.6 Å². The fourth-order valence-corrected chi connectivity index (χ4v) is 1.93. The van der Waals surface area contributed by atoms with Crippen molar-refractivity contribution in [3.05, 3.63) is 0 Å². The molecule has 0 aliphatic carbocycles. The van der Waals surface area contributed by atoms with Crippen molar-refractivity contribution in [1.82, 2.24) is 10.2 Å². The van der Waals surface area contributed by atoms with Crippen LogP contribution in [0.3, 0.4) is 0 Å². The highest BCUT2D eigenvalue weighted by Gasteiger charge is 2.40. The number of carbonyl (C=O) groups is 3. The zero-order valence-corrected chi connectivity index (χ0v) is 10.3. The van der Waals surface area contributed by atoms with Gasteiger partial charge in [0.15, 0.2) is 0 Å². The van der Waals surface area contributed by atoms with Crippen LogP contribution in [0.4, 0.5) is 0 Å². The van der Waals surface area contributed by atoms with Gasteiger partial charge in [0.05, 0.1) is 0 Å². The highest BCUT2D eigenvalue weighted by atomic mass is 16.4. The molecule has 1 fully saturated rings. The van der Waals surface area contributed by atoms with E-state index in [9.17, 15) is 14.4 Å². The van der Waals surface area contributed by atoms with Crippen LogP contribution in [0.2, 0.25) is 0 Å². The third-order valence-corrected chi connectivity index (χ3v) is 3.07. The minimum absolute atomic E-state index is 0.160. The number of rotatable bonds is 4. The Morgan fingerprint density at radius 1 is 1.53 bits per heavy atom. The molecule has 1 heterocycles. The van der Waals surface area contributed by atoms with E-state index in [1.165, 1.54) is 18.7 Å². The van der Waals surface area contributed by atoms with E-state index in [-0.39, 0.29) is 11.8 Å². The molecule has 0 aromatic rings. The first-order valence-corrected chi connectivity index (χ1v) is 5.65. The first-order chi connectivity index (χ1) is 7.80. The molecule has 0 saturated carbocycles. The zero-order valence-electron chi connectivity index (χ0n) is 10.3. The molecule has 6 heteroatoms. The predicted octanol–water partition coefficient (Wildman–Crippen LogP) is -0.0233. The zero-order chi connectivity index (χ0) is 13.2. The summed E-state index contributed by atoms with van der Waals surface area (Å²) in [6, 6.07) is -0.582. The first-order valence-electron chi connectivity index (χ1n) is 5.65. The van der Waals surface area contributed by atoms with Crippen molar-refractivity contribution < 1.29 is 19.5 Å². The van der Waals surface area contributed by atoms with Crippen molar-refractivity contribution >= 4 is 17.8 Å². The fourth-order valence-electron chi connectivity index (χ4n) is 1.93. The van der Waals surface area contributed by atoms with Crippen LogP contribution in [0.5, 0.6) is 0 Å². The molecule has 1 aliphatic heterocycles. The molecule has 0 radical (unpaired) electrons. The molecule has 1 aliphatic rings. The van der Waals surface area contributed by atoms with E-state index in [0.29, 0.717) is 19.4 Å². The number of carbonyl (C=O) groups excluding carboxylic acids is 2. The smallest absolute Gasteiger partial charge is 0.329 e. The normalized spacial score (nSPS) is 19.9. The maximum absolute atomic E-state index is 12.1. The summed E-state index contributed by atoms with van der Waals surface area (Å²) in [5.41, 5.74) is -1.26.